The lowest BCUT2D eigenvalue weighted by molar-refractivity contribution is -0.131. The molecule has 0 radical (unpaired) electrons. The Morgan fingerprint density at radius 3 is 2.95 bits per heavy atom. The van der Waals surface area contributed by atoms with Gasteiger partial charge in [0, 0.05) is 22.7 Å². The third kappa shape index (κ3) is 4.67. The van der Waals surface area contributed by atoms with Gasteiger partial charge < -0.3 is 5.11 Å². The van der Waals surface area contributed by atoms with Crippen molar-refractivity contribution in [1.82, 2.24) is 4.90 Å². The van der Waals surface area contributed by atoms with E-state index in [4.69, 9.17) is 5.11 Å². The van der Waals surface area contributed by atoms with E-state index < -0.39 is 5.97 Å². The highest BCUT2D eigenvalue weighted by atomic mass is 32.2. The number of nitrogens with zero attached hydrogens (tertiary/aromatic N) is 1. The second-order valence-electron chi connectivity index (χ2n) is 4.73. The number of thiophene rings is 1. The average Bonchev–Trinajstić information content (AvgIpc) is 2.85. The van der Waals surface area contributed by atoms with Gasteiger partial charge in [0.1, 0.15) is 0 Å². The molecule has 104 valence electrons. The molecule has 0 unspecified atom stereocenters. The Bertz CT molecular complexity index is 448. The number of carboxylic acid groups (broad SMARTS) is 1. The van der Waals surface area contributed by atoms with Crippen molar-refractivity contribution in [2.75, 3.05) is 19.3 Å². The molecule has 0 bridgehead atoms. The van der Waals surface area contributed by atoms with Crippen molar-refractivity contribution in [1.29, 1.82) is 0 Å². The number of thioether (sulfide) groups is 1. The van der Waals surface area contributed by atoms with Crippen LogP contribution < -0.4 is 0 Å². The third-order valence-electron chi connectivity index (χ3n) is 3.34. The first-order valence-corrected chi connectivity index (χ1v) is 8.57. The van der Waals surface area contributed by atoms with Crippen LogP contribution in [0, 0.1) is 0 Å². The molecule has 1 saturated heterocycles. The van der Waals surface area contributed by atoms with Crippen molar-refractivity contribution in [3.63, 3.8) is 0 Å². The number of aliphatic carboxylic acids is 1. The maximum Gasteiger partial charge on any atom is 0.328 e. The molecule has 19 heavy (non-hydrogen) atoms. The smallest absolute Gasteiger partial charge is 0.328 e. The fraction of sp³-hybridized carbons (Fsp3) is 0.500. The second-order valence-corrected chi connectivity index (χ2v) is 6.86. The normalized spacial score (nSPS) is 18.2. The Morgan fingerprint density at radius 1 is 1.58 bits per heavy atom. The fourth-order valence-corrected chi connectivity index (χ4v) is 3.84. The average molecular weight is 297 g/mol. The quantitative estimate of drug-likeness (QED) is 0.848. The minimum Gasteiger partial charge on any atom is -0.478 e. The zero-order chi connectivity index (χ0) is 13.7. The van der Waals surface area contributed by atoms with Gasteiger partial charge in [-0.15, -0.1) is 11.3 Å². The summed E-state index contributed by atoms with van der Waals surface area (Å²) in [5.74, 6) is -0.896. The molecular formula is C14H19NO2S2. The molecule has 1 fully saturated rings. The molecule has 5 heteroatoms. The summed E-state index contributed by atoms with van der Waals surface area (Å²) in [4.78, 5) is 14.3. The van der Waals surface area contributed by atoms with Crippen molar-refractivity contribution in [2.24, 2.45) is 0 Å². The summed E-state index contributed by atoms with van der Waals surface area (Å²) in [7, 11) is 0. The number of carboxylic acids is 1. The largest absolute Gasteiger partial charge is 0.478 e. The van der Waals surface area contributed by atoms with Crippen LogP contribution in [0.1, 0.15) is 23.3 Å². The van der Waals surface area contributed by atoms with Crippen molar-refractivity contribution < 1.29 is 9.90 Å². The molecule has 0 amide bonds. The highest BCUT2D eigenvalue weighted by Crippen LogP contribution is 2.24. The van der Waals surface area contributed by atoms with Crippen LogP contribution in [0.4, 0.5) is 0 Å². The Morgan fingerprint density at radius 2 is 2.32 bits per heavy atom. The summed E-state index contributed by atoms with van der Waals surface area (Å²) in [6.45, 7) is 3.33. The lowest BCUT2D eigenvalue weighted by atomic mass is 10.1. The number of rotatable bonds is 5. The predicted molar refractivity (Wildman–Crippen MR) is 82.8 cm³/mol. The van der Waals surface area contributed by atoms with E-state index in [9.17, 15) is 4.79 Å². The lowest BCUT2D eigenvalue weighted by Crippen LogP contribution is -2.33. The molecule has 0 aliphatic carbocycles. The predicted octanol–water partition coefficient (Wildman–Crippen LogP) is 3.17. The number of likely N-dealkylation sites (tertiary alicyclic amines) is 1. The molecule has 1 N–H and O–H groups in total. The van der Waals surface area contributed by atoms with E-state index in [2.05, 4.69) is 17.2 Å². The summed E-state index contributed by atoms with van der Waals surface area (Å²) >= 11 is 3.69. The van der Waals surface area contributed by atoms with Crippen LogP contribution >= 0.6 is 23.1 Å². The van der Waals surface area contributed by atoms with Gasteiger partial charge in [0.2, 0.25) is 0 Å². The number of carbonyl (C=O) groups is 1. The van der Waals surface area contributed by atoms with E-state index in [1.807, 2.05) is 17.1 Å². The number of piperidine rings is 1. The third-order valence-corrected chi connectivity index (χ3v) is 5.42. The first-order chi connectivity index (χ1) is 9.17. The van der Waals surface area contributed by atoms with Crippen LogP contribution in [-0.4, -0.2) is 40.6 Å². The zero-order valence-corrected chi connectivity index (χ0v) is 12.7. The van der Waals surface area contributed by atoms with Gasteiger partial charge >= 0.3 is 5.97 Å². The molecule has 0 spiro atoms. The Labute approximate surface area is 122 Å². The molecule has 1 aliphatic rings. The van der Waals surface area contributed by atoms with E-state index in [1.54, 1.807) is 17.4 Å². The summed E-state index contributed by atoms with van der Waals surface area (Å²) in [5, 5.41) is 11.4. The van der Waals surface area contributed by atoms with Gasteiger partial charge in [0.05, 0.1) is 0 Å². The highest BCUT2D eigenvalue weighted by Gasteiger charge is 2.18. The minimum atomic E-state index is -0.896. The standard InChI is InChI=1S/C14H19NO2S2/c1-18-12-4-6-15(7-5-12)9-13-8-11(10-19-13)2-3-14(16)17/h2-3,8,10,12H,4-7,9H2,1H3,(H,16,17)/b3-2+. The molecule has 1 aliphatic heterocycles. The van der Waals surface area contributed by atoms with Crippen LogP contribution in [0.15, 0.2) is 17.5 Å². The Kier molecular flexibility index (Phi) is 5.48. The van der Waals surface area contributed by atoms with Crippen LogP contribution in [-0.2, 0) is 11.3 Å². The van der Waals surface area contributed by atoms with Crippen molar-refractivity contribution >= 4 is 35.1 Å². The van der Waals surface area contributed by atoms with Crippen LogP contribution in [0.5, 0.6) is 0 Å². The summed E-state index contributed by atoms with van der Waals surface area (Å²) in [6, 6.07) is 2.09. The molecule has 0 atom stereocenters. The highest BCUT2D eigenvalue weighted by molar-refractivity contribution is 7.99. The SMILES string of the molecule is CSC1CCN(Cc2cc(/C=C/C(=O)O)cs2)CC1. The van der Waals surface area contributed by atoms with Crippen LogP contribution in [0.3, 0.4) is 0 Å². The van der Waals surface area contributed by atoms with Gasteiger partial charge in [-0.1, -0.05) is 0 Å². The molecule has 0 aromatic carbocycles. The zero-order valence-electron chi connectivity index (χ0n) is 11.0. The van der Waals surface area contributed by atoms with Gasteiger partial charge in [-0.25, -0.2) is 4.79 Å². The Hall–Kier alpha value is -0.780. The summed E-state index contributed by atoms with van der Waals surface area (Å²) < 4.78 is 0. The molecule has 0 saturated carbocycles. The van der Waals surface area contributed by atoms with E-state index in [0.29, 0.717) is 0 Å². The maximum atomic E-state index is 10.5. The number of hydrogen-bond acceptors (Lipinski definition) is 4. The first-order valence-electron chi connectivity index (χ1n) is 6.41. The van der Waals surface area contributed by atoms with E-state index in [1.165, 1.54) is 36.9 Å². The van der Waals surface area contributed by atoms with Crippen LogP contribution in [0.25, 0.3) is 6.08 Å². The topological polar surface area (TPSA) is 40.5 Å². The number of hydrogen-bond donors (Lipinski definition) is 1. The summed E-state index contributed by atoms with van der Waals surface area (Å²) in [6.07, 6.45) is 7.59. The monoisotopic (exact) mass is 297 g/mol. The molecule has 1 aromatic heterocycles. The van der Waals surface area contributed by atoms with E-state index in [0.717, 1.165) is 17.4 Å². The molecular weight excluding hydrogens is 278 g/mol. The maximum absolute atomic E-state index is 10.5. The van der Waals surface area contributed by atoms with Gasteiger partial charge in [0.15, 0.2) is 0 Å². The molecule has 3 nitrogen and oxygen atoms in total. The van der Waals surface area contributed by atoms with E-state index in [-0.39, 0.29) is 0 Å². The summed E-state index contributed by atoms with van der Waals surface area (Å²) in [5.41, 5.74) is 0.987. The van der Waals surface area contributed by atoms with Crippen LogP contribution in [0.2, 0.25) is 0 Å². The van der Waals surface area contributed by atoms with Gasteiger partial charge in [-0.2, -0.15) is 11.8 Å². The fourth-order valence-electron chi connectivity index (χ4n) is 2.26. The molecule has 1 aromatic rings. The minimum absolute atomic E-state index is 0.827. The first kappa shape index (κ1) is 14.6. The molecule has 2 rings (SSSR count). The van der Waals surface area contributed by atoms with E-state index >= 15 is 0 Å². The molecule has 2 heterocycles. The van der Waals surface area contributed by atoms with Crippen molar-refractivity contribution in [3.8, 4) is 0 Å². The second kappa shape index (κ2) is 7.12. The van der Waals surface area contributed by atoms with Gasteiger partial charge in [-0.05, 0) is 55.3 Å². The lowest BCUT2D eigenvalue weighted by Gasteiger charge is -2.30. The van der Waals surface area contributed by atoms with Crippen molar-refractivity contribution in [2.45, 2.75) is 24.6 Å². The van der Waals surface area contributed by atoms with Gasteiger partial charge in [0.25, 0.3) is 0 Å². The van der Waals surface area contributed by atoms with Gasteiger partial charge in [-0.3, -0.25) is 4.90 Å². The van der Waals surface area contributed by atoms with Crippen molar-refractivity contribution in [3.05, 3.63) is 28.0 Å². The Balaban J connectivity index is 1.85.